The molecule has 120 valence electrons. The van der Waals surface area contributed by atoms with E-state index in [0.29, 0.717) is 18.4 Å². The lowest BCUT2D eigenvalue weighted by molar-refractivity contribution is -0.119. The van der Waals surface area contributed by atoms with Crippen LogP contribution in [0.2, 0.25) is 0 Å². The van der Waals surface area contributed by atoms with E-state index in [1.165, 1.54) is 12.5 Å². The standard InChI is InChI=1S/C18H26N2O2/c1-5-13(2)16(19-14(3)21)17-20-18(4,12-22-17)11-15-9-7-6-8-10-15/h6-10,13,16H,5,11-12H2,1-4H3,(H,19,21)/t13-,16?,18-/m0/s1. The van der Waals surface area contributed by atoms with Gasteiger partial charge in [0.2, 0.25) is 11.8 Å². The van der Waals surface area contributed by atoms with Crippen LogP contribution in [0, 0.1) is 5.92 Å². The van der Waals surface area contributed by atoms with E-state index < -0.39 is 0 Å². The lowest BCUT2D eigenvalue weighted by atomic mass is 9.94. The van der Waals surface area contributed by atoms with Crippen LogP contribution in [-0.2, 0) is 16.0 Å². The van der Waals surface area contributed by atoms with Gasteiger partial charge >= 0.3 is 0 Å². The quantitative estimate of drug-likeness (QED) is 0.878. The Morgan fingerprint density at radius 3 is 2.68 bits per heavy atom. The molecule has 0 aromatic heterocycles. The van der Waals surface area contributed by atoms with Crippen LogP contribution in [0.4, 0.5) is 0 Å². The van der Waals surface area contributed by atoms with Crippen molar-refractivity contribution in [2.24, 2.45) is 10.9 Å². The molecule has 0 radical (unpaired) electrons. The Hall–Kier alpha value is -1.84. The van der Waals surface area contributed by atoms with E-state index in [1.807, 2.05) is 18.2 Å². The molecule has 22 heavy (non-hydrogen) atoms. The van der Waals surface area contributed by atoms with Gasteiger partial charge in [0.25, 0.3) is 0 Å². The number of nitrogens with zero attached hydrogens (tertiary/aromatic N) is 1. The van der Waals surface area contributed by atoms with E-state index >= 15 is 0 Å². The first kappa shape index (κ1) is 16.5. The van der Waals surface area contributed by atoms with Crippen molar-refractivity contribution in [3.8, 4) is 0 Å². The van der Waals surface area contributed by atoms with Crippen molar-refractivity contribution in [3.05, 3.63) is 35.9 Å². The fourth-order valence-corrected chi connectivity index (χ4v) is 2.75. The summed E-state index contributed by atoms with van der Waals surface area (Å²) in [6, 6.07) is 10.2. The summed E-state index contributed by atoms with van der Waals surface area (Å²) >= 11 is 0. The second-order valence-corrected chi connectivity index (χ2v) is 6.46. The van der Waals surface area contributed by atoms with Crippen molar-refractivity contribution < 1.29 is 9.53 Å². The predicted molar refractivity (Wildman–Crippen MR) is 89.0 cm³/mol. The summed E-state index contributed by atoms with van der Waals surface area (Å²) in [6.45, 7) is 8.42. The first-order chi connectivity index (χ1) is 10.4. The molecule has 1 amide bonds. The molecule has 2 rings (SSSR count). The number of amides is 1. The molecule has 1 heterocycles. The first-order valence-corrected chi connectivity index (χ1v) is 7.97. The van der Waals surface area contributed by atoms with Crippen LogP contribution in [0.15, 0.2) is 35.3 Å². The zero-order chi connectivity index (χ0) is 16.2. The number of aliphatic imine (C=N–C) groups is 1. The van der Waals surface area contributed by atoms with Gasteiger partial charge in [-0.25, -0.2) is 4.99 Å². The third-order valence-electron chi connectivity index (χ3n) is 4.18. The smallest absolute Gasteiger partial charge is 0.217 e. The van der Waals surface area contributed by atoms with E-state index in [-0.39, 0.29) is 17.5 Å². The van der Waals surface area contributed by atoms with E-state index in [0.717, 1.165) is 12.8 Å². The zero-order valence-electron chi connectivity index (χ0n) is 13.9. The third kappa shape index (κ3) is 4.09. The molecule has 1 N–H and O–H groups in total. The maximum atomic E-state index is 11.5. The minimum absolute atomic E-state index is 0.0479. The lowest BCUT2D eigenvalue weighted by Gasteiger charge is -2.22. The Morgan fingerprint density at radius 1 is 1.41 bits per heavy atom. The van der Waals surface area contributed by atoms with Crippen LogP contribution in [0.3, 0.4) is 0 Å². The van der Waals surface area contributed by atoms with E-state index in [1.54, 1.807) is 0 Å². The van der Waals surface area contributed by atoms with Crippen LogP contribution >= 0.6 is 0 Å². The van der Waals surface area contributed by atoms with Crippen molar-refractivity contribution in [1.82, 2.24) is 5.32 Å². The van der Waals surface area contributed by atoms with Gasteiger partial charge in [-0.1, -0.05) is 50.6 Å². The number of hydrogen-bond acceptors (Lipinski definition) is 3. The van der Waals surface area contributed by atoms with E-state index in [9.17, 15) is 4.79 Å². The summed E-state index contributed by atoms with van der Waals surface area (Å²) in [5.41, 5.74) is 0.985. The van der Waals surface area contributed by atoms with Crippen LogP contribution in [0.25, 0.3) is 0 Å². The summed E-state index contributed by atoms with van der Waals surface area (Å²) < 4.78 is 5.86. The van der Waals surface area contributed by atoms with Crippen molar-refractivity contribution in [1.29, 1.82) is 0 Å². The second-order valence-electron chi connectivity index (χ2n) is 6.46. The minimum Gasteiger partial charge on any atom is -0.477 e. The van der Waals surface area contributed by atoms with Crippen molar-refractivity contribution in [2.75, 3.05) is 6.61 Å². The summed E-state index contributed by atoms with van der Waals surface area (Å²) in [7, 11) is 0. The van der Waals surface area contributed by atoms with Crippen LogP contribution in [0.5, 0.6) is 0 Å². The Labute approximate surface area is 133 Å². The zero-order valence-corrected chi connectivity index (χ0v) is 13.9. The molecule has 0 spiro atoms. The molecule has 1 aromatic carbocycles. The van der Waals surface area contributed by atoms with Gasteiger partial charge < -0.3 is 10.1 Å². The van der Waals surface area contributed by atoms with Gasteiger partial charge in [0.1, 0.15) is 12.6 Å². The Morgan fingerprint density at radius 2 is 2.09 bits per heavy atom. The van der Waals surface area contributed by atoms with Crippen molar-refractivity contribution in [2.45, 2.75) is 52.1 Å². The monoisotopic (exact) mass is 302 g/mol. The van der Waals surface area contributed by atoms with Gasteiger partial charge in [0, 0.05) is 13.3 Å². The fourth-order valence-electron chi connectivity index (χ4n) is 2.75. The molecule has 0 saturated carbocycles. The molecule has 0 fully saturated rings. The summed E-state index contributed by atoms with van der Waals surface area (Å²) in [5, 5.41) is 2.98. The number of carbonyl (C=O) groups is 1. The van der Waals surface area contributed by atoms with E-state index in [2.05, 4.69) is 38.2 Å². The Bertz CT molecular complexity index is 541. The lowest BCUT2D eigenvalue weighted by Crippen LogP contribution is -2.44. The van der Waals surface area contributed by atoms with Crippen LogP contribution in [-0.4, -0.2) is 30.0 Å². The average Bonchev–Trinajstić information content (AvgIpc) is 2.86. The predicted octanol–water partition coefficient (Wildman–Crippen LogP) is 2.97. The Kier molecular flexibility index (Phi) is 5.22. The molecule has 0 bridgehead atoms. The molecule has 1 unspecified atom stereocenters. The van der Waals surface area contributed by atoms with Gasteiger partial charge in [0.15, 0.2) is 0 Å². The highest BCUT2D eigenvalue weighted by Gasteiger charge is 2.36. The molecule has 4 heteroatoms. The number of benzene rings is 1. The van der Waals surface area contributed by atoms with Crippen molar-refractivity contribution in [3.63, 3.8) is 0 Å². The molecule has 1 aliphatic rings. The number of hydrogen-bond donors (Lipinski definition) is 1. The third-order valence-corrected chi connectivity index (χ3v) is 4.18. The minimum atomic E-state index is -0.263. The fraction of sp³-hybridized carbons (Fsp3) is 0.556. The van der Waals surface area contributed by atoms with Crippen LogP contribution < -0.4 is 5.32 Å². The topological polar surface area (TPSA) is 50.7 Å². The van der Waals surface area contributed by atoms with E-state index in [4.69, 9.17) is 9.73 Å². The average molecular weight is 302 g/mol. The van der Waals surface area contributed by atoms with Gasteiger partial charge in [-0.05, 0) is 18.4 Å². The maximum Gasteiger partial charge on any atom is 0.217 e. The SMILES string of the molecule is CC[C@H](C)C(NC(C)=O)C1=N[C@@](C)(Cc2ccccc2)CO1. The first-order valence-electron chi connectivity index (χ1n) is 7.97. The highest BCUT2D eigenvalue weighted by molar-refractivity contribution is 5.88. The molecule has 0 aliphatic carbocycles. The number of carbonyl (C=O) groups excluding carboxylic acids is 1. The molecule has 0 saturated heterocycles. The molecule has 1 aromatic rings. The molecule has 3 atom stereocenters. The van der Waals surface area contributed by atoms with Crippen molar-refractivity contribution >= 4 is 11.8 Å². The molecular weight excluding hydrogens is 276 g/mol. The number of ether oxygens (including phenoxy) is 1. The summed E-state index contributed by atoms with van der Waals surface area (Å²) in [6.07, 6.45) is 1.80. The maximum absolute atomic E-state index is 11.5. The highest BCUT2D eigenvalue weighted by Crippen LogP contribution is 2.26. The number of rotatable bonds is 6. The molecule has 1 aliphatic heterocycles. The van der Waals surface area contributed by atoms with Gasteiger partial charge in [-0.15, -0.1) is 0 Å². The normalized spacial score (nSPS) is 23.4. The molecule has 4 nitrogen and oxygen atoms in total. The second kappa shape index (κ2) is 6.95. The van der Waals surface area contributed by atoms with Gasteiger partial charge in [0.05, 0.1) is 5.54 Å². The van der Waals surface area contributed by atoms with Gasteiger partial charge in [-0.3, -0.25) is 4.79 Å². The largest absolute Gasteiger partial charge is 0.477 e. The van der Waals surface area contributed by atoms with Crippen LogP contribution in [0.1, 0.15) is 39.7 Å². The summed E-state index contributed by atoms with van der Waals surface area (Å²) in [4.78, 5) is 16.3. The van der Waals surface area contributed by atoms with Gasteiger partial charge in [-0.2, -0.15) is 0 Å². The highest BCUT2D eigenvalue weighted by atomic mass is 16.5. The summed E-state index contributed by atoms with van der Waals surface area (Å²) in [5.74, 6) is 0.915. The molecular formula is C18H26N2O2. The number of nitrogens with one attached hydrogen (secondary N) is 1. The Balaban J connectivity index is 2.15.